The van der Waals surface area contributed by atoms with Gasteiger partial charge in [0.05, 0.1) is 18.0 Å². The Morgan fingerprint density at radius 1 is 1.09 bits per heavy atom. The summed E-state index contributed by atoms with van der Waals surface area (Å²) in [7, 11) is -3.41. The second kappa shape index (κ2) is 5.57. The van der Waals surface area contributed by atoms with Crippen molar-refractivity contribution in [1.29, 1.82) is 0 Å². The van der Waals surface area contributed by atoms with Crippen LogP contribution < -0.4 is 0 Å². The van der Waals surface area contributed by atoms with Gasteiger partial charge in [0, 0.05) is 6.42 Å². The minimum absolute atomic E-state index is 0.273. The number of nitrogens with zero attached hydrogens (tertiary/aromatic N) is 2. The number of hydrazone groups is 1. The Labute approximate surface area is 131 Å². The van der Waals surface area contributed by atoms with Crippen molar-refractivity contribution >= 4 is 15.7 Å². The maximum Gasteiger partial charge on any atom is 0.247 e. The molecule has 1 aliphatic heterocycles. The summed E-state index contributed by atoms with van der Waals surface area (Å²) in [5.74, 6) is 0. The first kappa shape index (κ1) is 14.8. The summed E-state index contributed by atoms with van der Waals surface area (Å²) in [4.78, 5) is 0. The lowest BCUT2D eigenvalue weighted by Gasteiger charge is -2.21. The molecule has 0 spiro atoms. The lowest BCUT2D eigenvalue weighted by molar-refractivity contribution is 0.374. The van der Waals surface area contributed by atoms with Crippen molar-refractivity contribution < 1.29 is 8.42 Å². The molecule has 1 heterocycles. The molecule has 114 valence electrons. The molecule has 0 fully saturated rings. The summed E-state index contributed by atoms with van der Waals surface area (Å²) in [6, 6.07) is 17.4. The number of hydrogen-bond acceptors (Lipinski definition) is 3. The molecular formula is C17H18N2O2S. The van der Waals surface area contributed by atoms with Gasteiger partial charge < -0.3 is 0 Å². The smallest absolute Gasteiger partial charge is 0.205 e. The second-order valence-electron chi connectivity index (χ2n) is 5.58. The fourth-order valence-corrected chi connectivity index (χ4v) is 3.63. The minimum Gasteiger partial charge on any atom is -0.205 e. The molecule has 0 saturated heterocycles. The van der Waals surface area contributed by atoms with Crippen LogP contribution in [0.3, 0.4) is 0 Å². The predicted octanol–water partition coefficient (Wildman–Crippen LogP) is 3.11. The fraction of sp³-hybridized carbons (Fsp3) is 0.235. The third kappa shape index (κ3) is 2.90. The Balaban J connectivity index is 2.02. The molecule has 0 aliphatic carbocycles. The van der Waals surface area contributed by atoms with Gasteiger partial charge in [-0.05, 0) is 18.1 Å². The molecule has 5 heteroatoms. The van der Waals surface area contributed by atoms with E-state index < -0.39 is 10.0 Å². The van der Waals surface area contributed by atoms with Crippen LogP contribution in [0.4, 0.5) is 0 Å². The van der Waals surface area contributed by atoms with Crippen molar-refractivity contribution in [3.05, 3.63) is 71.3 Å². The molecule has 0 N–H and O–H groups in total. The highest BCUT2D eigenvalue weighted by molar-refractivity contribution is 7.88. The van der Waals surface area contributed by atoms with Gasteiger partial charge in [0.2, 0.25) is 10.0 Å². The molecule has 0 radical (unpaired) electrons. The van der Waals surface area contributed by atoms with Crippen LogP contribution in [0.1, 0.15) is 29.2 Å². The predicted molar refractivity (Wildman–Crippen MR) is 88.2 cm³/mol. The first-order valence-corrected chi connectivity index (χ1v) is 8.99. The Kier molecular flexibility index (Phi) is 3.74. The first-order chi connectivity index (χ1) is 10.4. The van der Waals surface area contributed by atoms with E-state index in [9.17, 15) is 8.42 Å². The van der Waals surface area contributed by atoms with Gasteiger partial charge in [-0.3, -0.25) is 0 Å². The summed E-state index contributed by atoms with van der Waals surface area (Å²) in [5.41, 5.74) is 3.85. The van der Waals surface area contributed by atoms with E-state index in [-0.39, 0.29) is 6.04 Å². The van der Waals surface area contributed by atoms with E-state index in [0.29, 0.717) is 6.42 Å². The largest absolute Gasteiger partial charge is 0.247 e. The zero-order valence-corrected chi connectivity index (χ0v) is 13.4. The van der Waals surface area contributed by atoms with Gasteiger partial charge in [-0.15, -0.1) is 0 Å². The van der Waals surface area contributed by atoms with Crippen LogP contribution in [0, 0.1) is 6.92 Å². The number of aryl methyl sites for hydroxylation is 1. The molecule has 0 bridgehead atoms. The number of rotatable bonds is 3. The van der Waals surface area contributed by atoms with Gasteiger partial charge in [-0.2, -0.15) is 9.52 Å². The molecule has 1 atom stereocenters. The topological polar surface area (TPSA) is 49.7 Å². The summed E-state index contributed by atoms with van der Waals surface area (Å²) < 4.78 is 25.4. The Bertz CT molecular complexity index is 814. The SMILES string of the molecule is Cc1cccc([C@@H]2CC(c3ccccc3)=NN2S(C)(=O)=O)c1. The van der Waals surface area contributed by atoms with Crippen LogP contribution >= 0.6 is 0 Å². The van der Waals surface area contributed by atoms with Gasteiger partial charge >= 0.3 is 0 Å². The van der Waals surface area contributed by atoms with E-state index in [2.05, 4.69) is 5.10 Å². The highest BCUT2D eigenvalue weighted by Crippen LogP contribution is 2.34. The maximum atomic E-state index is 12.1. The van der Waals surface area contributed by atoms with Crippen LogP contribution in [0.25, 0.3) is 0 Å². The Morgan fingerprint density at radius 3 is 2.45 bits per heavy atom. The lowest BCUT2D eigenvalue weighted by Crippen LogP contribution is -2.25. The van der Waals surface area contributed by atoms with Crippen molar-refractivity contribution in [3.63, 3.8) is 0 Å². The maximum absolute atomic E-state index is 12.1. The highest BCUT2D eigenvalue weighted by atomic mass is 32.2. The third-order valence-electron chi connectivity index (χ3n) is 3.75. The van der Waals surface area contributed by atoms with Crippen LogP contribution in [-0.4, -0.2) is 24.8 Å². The standard InChI is InChI=1S/C17H18N2O2S/c1-13-7-6-10-15(11-13)17-12-16(14-8-4-3-5-9-14)18-19(17)22(2,20)21/h3-11,17H,12H2,1-2H3/t17-/m0/s1. The second-order valence-corrected chi connectivity index (χ2v) is 7.42. The van der Waals surface area contributed by atoms with Gasteiger partial charge in [0.25, 0.3) is 0 Å². The van der Waals surface area contributed by atoms with Crippen molar-refractivity contribution in [2.24, 2.45) is 5.10 Å². The fourth-order valence-electron chi connectivity index (χ4n) is 2.72. The summed E-state index contributed by atoms with van der Waals surface area (Å²) in [5, 5.41) is 4.38. The van der Waals surface area contributed by atoms with Gasteiger partial charge in [0.1, 0.15) is 0 Å². The molecule has 4 nitrogen and oxygen atoms in total. The zero-order valence-electron chi connectivity index (χ0n) is 12.6. The van der Waals surface area contributed by atoms with Crippen LogP contribution in [0.2, 0.25) is 0 Å². The van der Waals surface area contributed by atoms with Crippen molar-refractivity contribution in [3.8, 4) is 0 Å². The normalized spacial score (nSPS) is 18.4. The average Bonchev–Trinajstić information content (AvgIpc) is 2.93. The molecule has 22 heavy (non-hydrogen) atoms. The molecule has 0 amide bonds. The van der Waals surface area contributed by atoms with E-state index >= 15 is 0 Å². The molecule has 2 aromatic carbocycles. The van der Waals surface area contributed by atoms with E-state index in [1.165, 1.54) is 10.7 Å². The molecule has 0 unspecified atom stereocenters. The Hall–Kier alpha value is -2.14. The van der Waals surface area contributed by atoms with E-state index in [4.69, 9.17) is 0 Å². The number of hydrogen-bond donors (Lipinski definition) is 0. The summed E-state index contributed by atoms with van der Waals surface area (Å²) in [6.45, 7) is 2.00. The third-order valence-corrected chi connectivity index (χ3v) is 4.76. The average molecular weight is 314 g/mol. The summed E-state index contributed by atoms with van der Waals surface area (Å²) in [6.07, 6.45) is 1.79. The molecular weight excluding hydrogens is 296 g/mol. The first-order valence-electron chi connectivity index (χ1n) is 7.14. The van der Waals surface area contributed by atoms with Gasteiger partial charge in [-0.25, -0.2) is 8.42 Å². The molecule has 2 aromatic rings. The van der Waals surface area contributed by atoms with Crippen LogP contribution in [-0.2, 0) is 10.0 Å². The molecule has 3 rings (SSSR count). The lowest BCUT2D eigenvalue weighted by atomic mass is 9.98. The van der Waals surface area contributed by atoms with Crippen molar-refractivity contribution in [2.45, 2.75) is 19.4 Å². The molecule has 0 aromatic heterocycles. The van der Waals surface area contributed by atoms with Gasteiger partial charge in [-0.1, -0.05) is 60.2 Å². The minimum atomic E-state index is -3.41. The monoisotopic (exact) mass is 314 g/mol. The number of benzene rings is 2. The molecule has 1 aliphatic rings. The number of sulfonamides is 1. The molecule has 0 saturated carbocycles. The summed E-state index contributed by atoms with van der Waals surface area (Å²) >= 11 is 0. The Morgan fingerprint density at radius 2 is 1.82 bits per heavy atom. The van der Waals surface area contributed by atoms with Gasteiger partial charge in [0.15, 0.2) is 0 Å². The van der Waals surface area contributed by atoms with E-state index in [1.807, 2.05) is 61.5 Å². The highest BCUT2D eigenvalue weighted by Gasteiger charge is 2.34. The van der Waals surface area contributed by atoms with Crippen LogP contribution in [0.5, 0.6) is 0 Å². The zero-order chi connectivity index (χ0) is 15.7. The van der Waals surface area contributed by atoms with E-state index in [1.54, 1.807) is 0 Å². The van der Waals surface area contributed by atoms with E-state index in [0.717, 1.165) is 22.4 Å². The van der Waals surface area contributed by atoms with Crippen molar-refractivity contribution in [2.75, 3.05) is 6.26 Å². The van der Waals surface area contributed by atoms with Crippen molar-refractivity contribution in [1.82, 2.24) is 4.41 Å². The quantitative estimate of drug-likeness (QED) is 0.874. The van der Waals surface area contributed by atoms with Crippen LogP contribution in [0.15, 0.2) is 59.7 Å².